The molecule has 19 heavy (non-hydrogen) atoms. The molecule has 0 saturated heterocycles. The van der Waals surface area contributed by atoms with Gasteiger partial charge >= 0.3 is 6.03 Å². The van der Waals surface area contributed by atoms with Gasteiger partial charge in [-0.25, -0.2) is 9.78 Å². The molecule has 1 aliphatic rings. The second kappa shape index (κ2) is 6.34. The molecule has 3 N–H and O–H groups in total. The predicted molar refractivity (Wildman–Crippen MR) is 77.1 cm³/mol. The third-order valence-corrected chi connectivity index (χ3v) is 3.79. The van der Waals surface area contributed by atoms with E-state index in [0.29, 0.717) is 5.69 Å². The Kier molecular flexibility index (Phi) is 4.76. The molecule has 0 bridgehead atoms. The molecule has 1 aromatic heterocycles. The summed E-state index contributed by atoms with van der Waals surface area (Å²) in [6.45, 7) is 1.83. The zero-order chi connectivity index (χ0) is 13.8. The second-order valence-corrected chi connectivity index (χ2v) is 5.64. The Hall–Kier alpha value is -1.14. The van der Waals surface area contributed by atoms with Crippen molar-refractivity contribution in [3.63, 3.8) is 0 Å². The number of pyridine rings is 1. The van der Waals surface area contributed by atoms with Gasteiger partial charge in [-0.1, -0.05) is 12.8 Å². The van der Waals surface area contributed by atoms with Gasteiger partial charge in [-0.05, 0) is 47.8 Å². The van der Waals surface area contributed by atoms with Gasteiger partial charge in [0.15, 0.2) is 0 Å². The van der Waals surface area contributed by atoms with Gasteiger partial charge in [-0.3, -0.25) is 0 Å². The van der Waals surface area contributed by atoms with E-state index in [1.54, 1.807) is 12.1 Å². The summed E-state index contributed by atoms with van der Waals surface area (Å²) in [5.41, 5.74) is 1.42. The maximum absolute atomic E-state index is 11.9. The lowest BCUT2D eigenvalue weighted by Crippen LogP contribution is -2.46. The van der Waals surface area contributed by atoms with Gasteiger partial charge in [0.25, 0.3) is 0 Å². The largest absolute Gasteiger partial charge is 0.391 e. The van der Waals surface area contributed by atoms with Crippen molar-refractivity contribution in [1.29, 1.82) is 0 Å². The van der Waals surface area contributed by atoms with Crippen LogP contribution in [0.15, 0.2) is 16.7 Å². The smallest absolute Gasteiger partial charge is 0.319 e. The first-order valence-electron chi connectivity index (χ1n) is 6.45. The maximum Gasteiger partial charge on any atom is 0.319 e. The fraction of sp³-hybridized carbons (Fsp3) is 0.538. The first-order chi connectivity index (χ1) is 9.06. The number of rotatable bonds is 2. The Bertz CT molecular complexity index is 467. The number of aliphatic hydroxyl groups excluding tert-OH is 1. The number of nitrogens with one attached hydrogen (secondary N) is 2. The monoisotopic (exact) mass is 327 g/mol. The standard InChI is InChI=1S/C13H18BrN3O2/c1-8-9(6-7-12(14)15-8)16-13(19)17-10-4-2-3-5-11(10)18/h6-7,10-11,18H,2-5H2,1H3,(H2,16,17,19). The highest BCUT2D eigenvalue weighted by Gasteiger charge is 2.24. The molecule has 1 fully saturated rings. The van der Waals surface area contributed by atoms with Crippen LogP contribution in [0.1, 0.15) is 31.4 Å². The summed E-state index contributed by atoms with van der Waals surface area (Å²) in [5, 5.41) is 15.4. The van der Waals surface area contributed by atoms with Crippen molar-refractivity contribution >= 4 is 27.6 Å². The number of hydrogen-bond acceptors (Lipinski definition) is 3. The minimum atomic E-state index is -0.441. The molecule has 104 valence electrons. The molecule has 0 aromatic carbocycles. The third kappa shape index (κ3) is 3.91. The molecule has 2 unspecified atom stereocenters. The zero-order valence-corrected chi connectivity index (χ0v) is 12.4. The Morgan fingerprint density at radius 1 is 1.42 bits per heavy atom. The summed E-state index contributed by atoms with van der Waals surface area (Å²) in [6, 6.07) is 3.12. The Balaban J connectivity index is 1.93. The topological polar surface area (TPSA) is 74.2 Å². The number of aliphatic hydroxyl groups is 1. The highest BCUT2D eigenvalue weighted by molar-refractivity contribution is 9.10. The van der Waals surface area contributed by atoms with E-state index in [4.69, 9.17) is 0 Å². The van der Waals surface area contributed by atoms with Crippen LogP contribution < -0.4 is 10.6 Å². The first kappa shape index (κ1) is 14.3. The average molecular weight is 328 g/mol. The molecule has 0 aliphatic heterocycles. The molecule has 2 rings (SSSR count). The molecule has 1 saturated carbocycles. The highest BCUT2D eigenvalue weighted by atomic mass is 79.9. The fourth-order valence-corrected chi connectivity index (χ4v) is 2.67. The van der Waals surface area contributed by atoms with E-state index in [0.717, 1.165) is 36.0 Å². The van der Waals surface area contributed by atoms with Crippen molar-refractivity contribution in [3.8, 4) is 0 Å². The number of urea groups is 1. The van der Waals surface area contributed by atoms with Gasteiger partial charge in [-0.15, -0.1) is 0 Å². The molecule has 6 heteroatoms. The molecular formula is C13H18BrN3O2. The summed E-state index contributed by atoms with van der Waals surface area (Å²) in [5.74, 6) is 0. The van der Waals surface area contributed by atoms with E-state index in [-0.39, 0.29) is 12.1 Å². The van der Waals surface area contributed by atoms with Gasteiger partial charge in [0.2, 0.25) is 0 Å². The number of anilines is 1. The lowest BCUT2D eigenvalue weighted by Gasteiger charge is -2.28. The number of carbonyl (C=O) groups is 1. The van der Waals surface area contributed by atoms with Gasteiger partial charge in [0, 0.05) is 0 Å². The zero-order valence-electron chi connectivity index (χ0n) is 10.8. The summed E-state index contributed by atoms with van der Waals surface area (Å²) >= 11 is 3.28. The SMILES string of the molecule is Cc1nc(Br)ccc1NC(=O)NC1CCCCC1O. The quantitative estimate of drug-likeness (QED) is 0.731. The minimum Gasteiger partial charge on any atom is -0.391 e. The first-order valence-corrected chi connectivity index (χ1v) is 7.24. The number of carbonyl (C=O) groups excluding carboxylic acids is 1. The summed E-state index contributed by atoms with van der Waals surface area (Å²) in [6.07, 6.45) is 3.21. The molecular weight excluding hydrogens is 310 g/mol. The van der Waals surface area contributed by atoms with Gasteiger partial charge in [0.05, 0.1) is 23.5 Å². The number of hydrogen-bond donors (Lipinski definition) is 3. The van der Waals surface area contributed by atoms with Gasteiger partial charge in [0.1, 0.15) is 4.60 Å². The molecule has 1 aromatic rings. The minimum absolute atomic E-state index is 0.155. The number of aryl methyl sites for hydroxylation is 1. The van der Waals surface area contributed by atoms with E-state index >= 15 is 0 Å². The normalized spacial score (nSPS) is 22.9. The Morgan fingerprint density at radius 3 is 2.84 bits per heavy atom. The number of halogens is 1. The van der Waals surface area contributed by atoms with Crippen molar-refractivity contribution in [2.24, 2.45) is 0 Å². The Labute approximate surface area is 120 Å². The summed E-state index contributed by atoms with van der Waals surface area (Å²) in [4.78, 5) is 16.1. The molecule has 2 amide bonds. The van der Waals surface area contributed by atoms with Crippen LogP contribution in [-0.4, -0.2) is 28.3 Å². The molecule has 1 heterocycles. The lowest BCUT2D eigenvalue weighted by atomic mass is 9.93. The van der Waals surface area contributed by atoms with Crippen LogP contribution in [0.3, 0.4) is 0 Å². The van der Waals surface area contributed by atoms with Crippen LogP contribution in [0, 0.1) is 6.92 Å². The van der Waals surface area contributed by atoms with Crippen LogP contribution in [0.25, 0.3) is 0 Å². The van der Waals surface area contributed by atoms with E-state index in [2.05, 4.69) is 31.5 Å². The average Bonchev–Trinajstić information content (AvgIpc) is 2.36. The van der Waals surface area contributed by atoms with Crippen LogP contribution >= 0.6 is 15.9 Å². The van der Waals surface area contributed by atoms with E-state index in [1.807, 2.05) is 6.92 Å². The molecule has 1 aliphatic carbocycles. The number of aromatic nitrogens is 1. The van der Waals surface area contributed by atoms with Crippen molar-refractivity contribution in [2.45, 2.75) is 44.8 Å². The summed E-state index contributed by atoms with van der Waals surface area (Å²) < 4.78 is 0.735. The molecule has 5 nitrogen and oxygen atoms in total. The predicted octanol–water partition coefficient (Wildman–Crippen LogP) is 2.58. The van der Waals surface area contributed by atoms with E-state index in [9.17, 15) is 9.90 Å². The van der Waals surface area contributed by atoms with Crippen molar-refractivity contribution in [1.82, 2.24) is 10.3 Å². The third-order valence-electron chi connectivity index (χ3n) is 3.35. The number of amides is 2. The van der Waals surface area contributed by atoms with Gasteiger partial charge in [-0.2, -0.15) is 0 Å². The molecule has 2 atom stereocenters. The second-order valence-electron chi connectivity index (χ2n) is 4.82. The van der Waals surface area contributed by atoms with E-state index in [1.165, 1.54) is 0 Å². The van der Waals surface area contributed by atoms with Crippen molar-refractivity contribution < 1.29 is 9.90 Å². The molecule has 0 spiro atoms. The van der Waals surface area contributed by atoms with Crippen LogP contribution in [0.2, 0.25) is 0 Å². The van der Waals surface area contributed by atoms with Crippen molar-refractivity contribution in [3.05, 3.63) is 22.4 Å². The number of nitrogens with zero attached hydrogens (tertiary/aromatic N) is 1. The summed E-state index contributed by atoms with van der Waals surface area (Å²) in [7, 11) is 0. The highest BCUT2D eigenvalue weighted by Crippen LogP contribution is 2.19. The lowest BCUT2D eigenvalue weighted by molar-refractivity contribution is 0.0955. The fourth-order valence-electron chi connectivity index (χ4n) is 2.27. The van der Waals surface area contributed by atoms with Crippen LogP contribution in [-0.2, 0) is 0 Å². The van der Waals surface area contributed by atoms with E-state index < -0.39 is 6.10 Å². The maximum atomic E-state index is 11.9. The van der Waals surface area contributed by atoms with Gasteiger partial charge < -0.3 is 15.7 Å². The molecule has 0 radical (unpaired) electrons. The van der Waals surface area contributed by atoms with Crippen molar-refractivity contribution in [2.75, 3.05) is 5.32 Å². The van der Waals surface area contributed by atoms with Crippen LogP contribution in [0.4, 0.5) is 10.5 Å². The Morgan fingerprint density at radius 2 is 2.16 bits per heavy atom. The van der Waals surface area contributed by atoms with Crippen LogP contribution in [0.5, 0.6) is 0 Å².